The Morgan fingerprint density at radius 1 is 1.40 bits per heavy atom. The number of rotatable bonds is 9. The molecule has 0 spiro atoms. The number of nitrogens with zero attached hydrogens (tertiary/aromatic N) is 3. The van der Waals surface area contributed by atoms with Gasteiger partial charge in [0.1, 0.15) is 11.5 Å². The summed E-state index contributed by atoms with van der Waals surface area (Å²) >= 11 is 0. The van der Waals surface area contributed by atoms with Gasteiger partial charge in [-0.25, -0.2) is 0 Å². The molecule has 2 aliphatic rings. The summed E-state index contributed by atoms with van der Waals surface area (Å²) in [6, 6.07) is 4.10. The Morgan fingerprint density at radius 3 is 2.76 bits per heavy atom. The first-order valence-corrected chi connectivity index (χ1v) is 9.06. The van der Waals surface area contributed by atoms with Crippen LogP contribution in [0.1, 0.15) is 56.1 Å². The second-order valence-electron chi connectivity index (χ2n) is 6.90. The molecule has 1 aromatic rings. The molecule has 0 saturated carbocycles. The van der Waals surface area contributed by atoms with Crippen LogP contribution >= 0.6 is 0 Å². The number of nitrogens with one attached hydrogen (secondary N) is 1. The first-order valence-electron chi connectivity index (χ1n) is 9.06. The minimum absolute atomic E-state index is 0.0323. The van der Waals surface area contributed by atoms with Crippen molar-refractivity contribution in [3.63, 3.8) is 0 Å². The van der Waals surface area contributed by atoms with Crippen molar-refractivity contribution in [1.29, 1.82) is 0 Å². The first kappa shape index (κ1) is 17.7. The zero-order chi connectivity index (χ0) is 17.7. The van der Waals surface area contributed by atoms with Crippen molar-refractivity contribution in [3.8, 4) is 12.3 Å². The van der Waals surface area contributed by atoms with Crippen LogP contribution < -0.4 is 5.32 Å². The lowest BCUT2D eigenvalue weighted by molar-refractivity contribution is -0.121. The van der Waals surface area contributed by atoms with Crippen molar-refractivity contribution in [3.05, 3.63) is 23.7 Å². The number of furan rings is 1. The van der Waals surface area contributed by atoms with Crippen LogP contribution in [0.5, 0.6) is 0 Å². The summed E-state index contributed by atoms with van der Waals surface area (Å²) in [6.45, 7) is 4.61. The summed E-state index contributed by atoms with van der Waals surface area (Å²) < 4.78 is 5.82. The standard InChI is InChI=1S/C19H26N4O2/c1-3-4-10-19(21-22-19)11-9-18(24)20-14-16(23-12-5-6-13-23)17-8-7-15(2)25-17/h1,7-8,16H,4-6,9-14H2,2H3,(H,20,24). The maximum Gasteiger partial charge on any atom is 0.220 e. The van der Waals surface area contributed by atoms with Gasteiger partial charge < -0.3 is 9.73 Å². The number of hydrogen-bond acceptors (Lipinski definition) is 5. The van der Waals surface area contributed by atoms with Gasteiger partial charge in [0.25, 0.3) is 0 Å². The van der Waals surface area contributed by atoms with E-state index in [0.29, 0.717) is 25.8 Å². The number of amides is 1. The summed E-state index contributed by atoms with van der Waals surface area (Å²) in [4.78, 5) is 14.7. The highest BCUT2D eigenvalue weighted by Crippen LogP contribution is 2.37. The van der Waals surface area contributed by atoms with Gasteiger partial charge in [-0.15, -0.1) is 12.3 Å². The molecule has 0 radical (unpaired) electrons. The van der Waals surface area contributed by atoms with E-state index in [1.165, 1.54) is 12.8 Å². The van der Waals surface area contributed by atoms with Crippen molar-refractivity contribution < 1.29 is 9.21 Å². The molecule has 0 aliphatic carbocycles. The highest BCUT2D eigenvalue weighted by atomic mass is 16.3. The molecule has 1 atom stereocenters. The second-order valence-corrected chi connectivity index (χ2v) is 6.90. The van der Waals surface area contributed by atoms with Gasteiger partial charge in [0.05, 0.1) is 6.04 Å². The maximum absolute atomic E-state index is 12.3. The van der Waals surface area contributed by atoms with Gasteiger partial charge in [-0.05, 0) is 45.0 Å². The lowest BCUT2D eigenvalue weighted by Gasteiger charge is -2.26. The molecule has 1 amide bonds. The number of aryl methyl sites for hydroxylation is 1. The Labute approximate surface area is 149 Å². The summed E-state index contributed by atoms with van der Waals surface area (Å²) in [5.41, 5.74) is -0.393. The zero-order valence-electron chi connectivity index (χ0n) is 14.8. The van der Waals surface area contributed by atoms with Crippen LogP contribution in [0.2, 0.25) is 0 Å². The smallest absolute Gasteiger partial charge is 0.220 e. The van der Waals surface area contributed by atoms with Crippen molar-refractivity contribution in [1.82, 2.24) is 10.2 Å². The third-order valence-electron chi connectivity index (χ3n) is 4.97. The molecule has 3 rings (SSSR count). The lowest BCUT2D eigenvalue weighted by Crippen LogP contribution is -2.36. The topological polar surface area (TPSA) is 70.2 Å². The average Bonchev–Trinajstić information content (AvgIpc) is 2.98. The van der Waals surface area contributed by atoms with Gasteiger partial charge in [-0.2, -0.15) is 10.2 Å². The number of likely N-dealkylation sites (tertiary alicyclic amines) is 1. The number of carbonyl (C=O) groups is 1. The minimum atomic E-state index is -0.393. The van der Waals surface area contributed by atoms with Gasteiger partial charge in [0.2, 0.25) is 5.91 Å². The van der Waals surface area contributed by atoms with Gasteiger partial charge in [-0.1, -0.05) is 0 Å². The van der Waals surface area contributed by atoms with E-state index in [-0.39, 0.29) is 11.9 Å². The predicted molar refractivity (Wildman–Crippen MR) is 94.9 cm³/mol. The summed E-state index contributed by atoms with van der Waals surface area (Å²) in [6.07, 6.45) is 10.1. The minimum Gasteiger partial charge on any atom is -0.465 e. The highest BCUT2D eigenvalue weighted by Gasteiger charge is 2.39. The molecular weight excluding hydrogens is 316 g/mol. The van der Waals surface area contributed by atoms with E-state index in [4.69, 9.17) is 10.8 Å². The van der Waals surface area contributed by atoms with E-state index in [2.05, 4.69) is 26.4 Å². The Morgan fingerprint density at radius 2 is 2.16 bits per heavy atom. The molecule has 6 nitrogen and oxygen atoms in total. The molecule has 3 heterocycles. The summed E-state index contributed by atoms with van der Waals surface area (Å²) in [7, 11) is 0. The SMILES string of the molecule is C#CCCC1(CCC(=O)NCC(c2ccc(C)o2)N2CCCC2)N=N1. The third kappa shape index (κ3) is 4.70. The molecule has 0 bridgehead atoms. The van der Waals surface area contributed by atoms with Crippen molar-refractivity contribution in [2.24, 2.45) is 10.2 Å². The van der Waals surface area contributed by atoms with E-state index >= 15 is 0 Å². The molecule has 1 aromatic heterocycles. The maximum atomic E-state index is 12.3. The monoisotopic (exact) mass is 342 g/mol. The molecule has 1 N–H and O–H groups in total. The molecule has 134 valence electrons. The molecule has 6 heteroatoms. The Hall–Kier alpha value is -2.13. The molecule has 2 aliphatic heterocycles. The number of hydrogen-bond donors (Lipinski definition) is 1. The molecule has 25 heavy (non-hydrogen) atoms. The Balaban J connectivity index is 1.49. The summed E-state index contributed by atoms with van der Waals surface area (Å²) in [5.74, 6) is 4.47. The van der Waals surface area contributed by atoms with Crippen LogP contribution in [-0.4, -0.2) is 36.1 Å². The number of carbonyl (C=O) groups excluding carboxylic acids is 1. The van der Waals surface area contributed by atoms with E-state index in [0.717, 1.165) is 31.0 Å². The largest absolute Gasteiger partial charge is 0.465 e. The molecular formula is C19H26N4O2. The van der Waals surface area contributed by atoms with Crippen molar-refractivity contribution in [2.75, 3.05) is 19.6 Å². The molecule has 1 unspecified atom stereocenters. The van der Waals surface area contributed by atoms with Crippen LogP contribution in [0.4, 0.5) is 0 Å². The van der Waals surface area contributed by atoms with Crippen molar-refractivity contribution >= 4 is 5.91 Å². The fourth-order valence-electron chi connectivity index (χ4n) is 3.38. The fraction of sp³-hybridized carbons (Fsp3) is 0.632. The van der Waals surface area contributed by atoms with Gasteiger partial charge >= 0.3 is 0 Å². The van der Waals surface area contributed by atoms with Crippen LogP contribution in [0.3, 0.4) is 0 Å². The van der Waals surface area contributed by atoms with Gasteiger partial charge in [0.15, 0.2) is 5.66 Å². The van der Waals surface area contributed by atoms with E-state index < -0.39 is 5.66 Å². The number of terminal acetylenes is 1. The van der Waals surface area contributed by atoms with E-state index in [1.54, 1.807) is 0 Å². The average molecular weight is 342 g/mol. The third-order valence-corrected chi connectivity index (χ3v) is 4.97. The van der Waals surface area contributed by atoms with E-state index in [9.17, 15) is 4.79 Å². The fourth-order valence-corrected chi connectivity index (χ4v) is 3.38. The van der Waals surface area contributed by atoms with Gasteiger partial charge in [0, 0.05) is 32.2 Å². The van der Waals surface area contributed by atoms with Crippen LogP contribution in [0, 0.1) is 19.3 Å². The molecule has 1 saturated heterocycles. The second kappa shape index (κ2) is 7.83. The zero-order valence-corrected chi connectivity index (χ0v) is 14.8. The predicted octanol–water partition coefficient (Wildman–Crippen LogP) is 3.20. The quantitative estimate of drug-likeness (QED) is 0.701. The van der Waals surface area contributed by atoms with E-state index in [1.807, 2.05) is 19.1 Å². The Bertz CT molecular complexity index is 661. The van der Waals surface area contributed by atoms with Crippen LogP contribution in [-0.2, 0) is 4.79 Å². The first-order chi connectivity index (χ1) is 12.1. The molecule has 0 aromatic carbocycles. The van der Waals surface area contributed by atoms with Gasteiger partial charge in [-0.3, -0.25) is 9.69 Å². The lowest BCUT2D eigenvalue weighted by atomic mass is 10.0. The molecule has 1 fully saturated rings. The summed E-state index contributed by atoms with van der Waals surface area (Å²) in [5, 5.41) is 11.2. The highest BCUT2D eigenvalue weighted by molar-refractivity contribution is 5.76. The van der Waals surface area contributed by atoms with Crippen molar-refractivity contribution in [2.45, 2.75) is 57.2 Å². The van der Waals surface area contributed by atoms with Crippen LogP contribution in [0.15, 0.2) is 26.8 Å². The Kier molecular flexibility index (Phi) is 5.54. The normalized spacial score (nSPS) is 19.5. The van der Waals surface area contributed by atoms with Crippen LogP contribution in [0.25, 0.3) is 0 Å².